The second kappa shape index (κ2) is 6.47. The van der Waals surface area contributed by atoms with Gasteiger partial charge in [0.1, 0.15) is 0 Å². The maximum atomic E-state index is 4.35. The van der Waals surface area contributed by atoms with Crippen molar-refractivity contribution in [1.82, 2.24) is 15.2 Å². The van der Waals surface area contributed by atoms with Crippen LogP contribution in [-0.2, 0) is 0 Å². The van der Waals surface area contributed by atoms with Crippen LogP contribution in [-0.4, -0.2) is 21.7 Å². The summed E-state index contributed by atoms with van der Waals surface area (Å²) in [6, 6.07) is 7.80. The molecule has 2 rings (SSSR count). The molecular weight excluding hydrogens is 306 g/mol. The summed E-state index contributed by atoms with van der Waals surface area (Å²) < 4.78 is 1.03. The van der Waals surface area contributed by atoms with Crippen LogP contribution < -0.4 is 10.6 Å². The summed E-state index contributed by atoms with van der Waals surface area (Å²) in [5.41, 5.74) is 0.922. The van der Waals surface area contributed by atoms with Crippen molar-refractivity contribution < 1.29 is 0 Å². The second-order valence-electron chi connectivity index (χ2n) is 4.57. The smallest absolute Gasteiger partial charge is 0.249 e. The van der Waals surface area contributed by atoms with Gasteiger partial charge in [-0.1, -0.05) is 29.8 Å². The van der Waals surface area contributed by atoms with Crippen molar-refractivity contribution in [3.05, 3.63) is 34.9 Å². The molecule has 0 aliphatic rings. The Morgan fingerprint density at radius 1 is 1.21 bits per heavy atom. The molecule has 6 heteroatoms. The molecule has 0 atom stereocenters. The van der Waals surface area contributed by atoms with Crippen molar-refractivity contribution >= 4 is 33.4 Å². The van der Waals surface area contributed by atoms with Gasteiger partial charge in [0, 0.05) is 16.7 Å². The molecule has 0 aliphatic heterocycles. The Morgan fingerprint density at radius 2 is 1.95 bits per heavy atom. The molecule has 0 bridgehead atoms. The highest BCUT2D eigenvalue weighted by Crippen LogP contribution is 2.17. The lowest BCUT2D eigenvalue weighted by Gasteiger charge is -2.09. The van der Waals surface area contributed by atoms with E-state index in [1.54, 1.807) is 6.20 Å². The molecule has 0 saturated carbocycles. The first-order valence-electron chi connectivity index (χ1n) is 6.09. The van der Waals surface area contributed by atoms with Gasteiger partial charge in [-0.25, -0.2) is 0 Å². The highest BCUT2D eigenvalue weighted by atomic mass is 79.9. The molecule has 1 heterocycles. The Bertz CT molecular complexity index is 527. The van der Waals surface area contributed by atoms with E-state index in [9.17, 15) is 0 Å². The van der Waals surface area contributed by atoms with Crippen LogP contribution in [0.1, 0.15) is 13.8 Å². The molecule has 2 N–H and O–H groups in total. The third-order valence-electron chi connectivity index (χ3n) is 2.35. The highest BCUT2D eigenvalue weighted by Gasteiger charge is 2.02. The first-order valence-corrected chi connectivity index (χ1v) is 6.89. The van der Waals surface area contributed by atoms with Gasteiger partial charge < -0.3 is 10.6 Å². The molecule has 2 aromatic rings. The molecule has 0 spiro atoms. The van der Waals surface area contributed by atoms with Gasteiger partial charge in [-0.15, -0.1) is 5.10 Å². The average Bonchev–Trinajstić information content (AvgIpc) is 2.40. The van der Waals surface area contributed by atoms with Gasteiger partial charge in [-0.3, -0.25) is 0 Å². The van der Waals surface area contributed by atoms with Crippen LogP contribution in [0.2, 0.25) is 0 Å². The van der Waals surface area contributed by atoms with Gasteiger partial charge in [0.25, 0.3) is 0 Å². The normalized spacial score (nSPS) is 10.5. The Morgan fingerprint density at radius 3 is 2.63 bits per heavy atom. The highest BCUT2D eigenvalue weighted by molar-refractivity contribution is 9.10. The molecule has 0 amide bonds. The zero-order chi connectivity index (χ0) is 13.7. The fourth-order valence-electron chi connectivity index (χ4n) is 1.41. The maximum absolute atomic E-state index is 4.35. The summed E-state index contributed by atoms with van der Waals surface area (Å²) in [6.45, 7) is 5.14. The van der Waals surface area contributed by atoms with Crippen LogP contribution in [0.5, 0.6) is 0 Å². The van der Waals surface area contributed by atoms with Crippen molar-refractivity contribution in [2.24, 2.45) is 5.92 Å². The van der Waals surface area contributed by atoms with E-state index >= 15 is 0 Å². The molecule has 19 heavy (non-hydrogen) atoms. The number of halogens is 1. The average molecular weight is 322 g/mol. The molecular formula is C13H16BrN5. The Hall–Kier alpha value is -1.69. The number of benzene rings is 1. The molecule has 100 valence electrons. The van der Waals surface area contributed by atoms with Crippen LogP contribution in [0.15, 0.2) is 34.9 Å². The zero-order valence-corrected chi connectivity index (χ0v) is 12.5. The van der Waals surface area contributed by atoms with Gasteiger partial charge in [0.2, 0.25) is 5.95 Å². The summed E-state index contributed by atoms with van der Waals surface area (Å²) >= 11 is 3.40. The number of aromatic nitrogens is 3. The van der Waals surface area contributed by atoms with E-state index in [0.717, 1.165) is 22.5 Å². The maximum Gasteiger partial charge on any atom is 0.249 e. The largest absolute Gasteiger partial charge is 0.368 e. The molecule has 5 nitrogen and oxygen atoms in total. The van der Waals surface area contributed by atoms with Crippen molar-refractivity contribution in [2.75, 3.05) is 17.2 Å². The summed E-state index contributed by atoms with van der Waals surface area (Å²) in [4.78, 5) is 4.35. The van der Waals surface area contributed by atoms with Crippen molar-refractivity contribution in [1.29, 1.82) is 0 Å². The third kappa shape index (κ3) is 4.48. The van der Waals surface area contributed by atoms with E-state index < -0.39 is 0 Å². The number of nitrogens with one attached hydrogen (secondary N) is 2. The predicted molar refractivity (Wildman–Crippen MR) is 80.6 cm³/mol. The van der Waals surface area contributed by atoms with Gasteiger partial charge in [-0.2, -0.15) is 10.1 Å². The van der Waals surface area contributed by atoms with E-state index in [1.165, 1.54) is 0 Å². The number of rotatable bonds is 5. The van der Waals surface area contributed by atoms with Crippen LogP contribution in [0, 0.1) is 5.92 Å². The third-order valence-corrected chi connectivity index (χ3v) is 2.88. The van der Waals surface area contributed by atoms with Crippen LogP contribution in [0.4, 0.5) is 17.5 Å². The SMILES string of the molecule is CC(C)CNc1cnnc(Nc2ccc(Br)cc2)n1. The number of hydrogen-bond acceptors (Lipinski definition) is 5. The second-order valence-corrected chi connectivity index (χ2v) is 5.49. The van der Waals surface area contributed by atoms with Gasteiger partial charge in [-0.05, 0) is 30.2 Å². The summed E-state index contributed by atoms with van der Waals surface area (Å²) in [6.07, 6.45) is 1.62. The molecule has 0 fully saturated rings. The van der Waals surface area contributed by atoms with E-state index in [-0.39, 0.29) is 0 Å². The first kappa shape index (κ1) is 13.7. The molecule has 0 radical (unpaired) electrons. The summed E-state index contributed by atoms with van der Waals surface area (Å²) in [7, 11) is 0. The topological polar surface area (TPSA) is 62.7 Å². The van der Waals surface area contributed by atoms with Crippen LogP contribution in [0.25, 0.3) is 0 Å². The quantitative estimate of drug-likeness (QED) is 0.883. The minimum absolute atomic E-state index is 0.482. The minimum Gasteiger partial charge on any atom is -0.368 e. The minimum atomic E-state index is 0.482. The van der Waals surface area contributed by atoms with E-state index in [4.69, 9.17) is 0 Å². The summed E-state index contributed by atoms with van der Waals surface area (Å²) in [5, 5.41) is 14.2. The van der Waals surface area contributed by atoms with Gasteiger partial charge in [0.05, 0.1) is 6.20 Å². The molecule has 1 aromatic carbocycles. The standard InChI is InChI=1S/C13H16BrN5/c1-9(2)7-15-12-8-16-19-13(18-12)17-11-5-3-10(14)4-6-11/h3-6,8-9H,7H2,1-2H3,(H2,15,17,18,19). The number of nitrogens with zero attached hydrogens (tertiary/aromatic N) is 3. The van der Waals surface area contributed by atoms with Crippen molar-refractivity contribution in [3.63, 3.8) is 0 Å². The zero-order valence-electron chi connectivity index (χ0n) is 10.9. The Balaban J connectivity index is 2.04. The number of hydrogen-bond donors (Lipinski definition) is 2. The molecule has 1 aromatic heterocycles. The fourth-order valence-corrected chi connectivity index (χ4v) is 1.68. The van der Waals surface area contributed by atoms with E-state index in [1.807, 2.05) is 24.3 Å². The van der Waals surface area contributed by atoms with Crippen molar-refractivity contribution in [3.8, 4) is 0 Å². The fraction of sp³-hybridized carbons (Fsp3) is 0.308. The lowest BCUT2D eigenvalue weighted by molar-refractivity contribution is 0.686. The van der Waals surface area contributed by atoms with E-state index in [0.29, 0.717) is 11.9 Å². The van der Waals surface area contributed by atoms with E-state index in [2.05, 4.69) is 55.6 Å². The number of anilines is 3. The molecule has 0 aliphatic carbocycles. The van der Waals surface area contributed by atoms with Crippen LogP contribution >= 0.6 is 15.9 Å². The van der Waals surface area contributed by atoms with Gasteiger partial charge in [0.15, 0.2) is 5.82 Å². The lowest BCUT2D eigenvalue weighted by Crippen LogP contribution is -2.10. The monoisotopic (exact) mass is 321 g/mol. The predicted octanol–water partition coefficient (Wildman–Crippen LogP) is 3.45. The molecule has 0 unspecified atom stereocenters. The Kier molecular flexibility index (Phi) is 4.68. The Labute approximate surface area is 121 Å². The van der Waals surface area contributed by atoms with Crippen LogP contribution in [0.3, 0.4) is 0 Å². The van der Waals surface area contributed by atoms with Crippen molar-refractivity contribution in [2.45, 2.75) is 13.8 Å². The lowest BCUT2D eigenvalue weighted by atomic mass is 10.2. The first-order chi connectivity index (χ1) is 9.13. The van der Waals surface area contributed by atoms with Gasteiger partial charge >= 0.3 is 0 Å². The summed E-state index contributed by atoms with van der Waals surface area (Å²) in [5.74, 6) is 1.76. The molecule has 0 saturated heterocycles.